The number of hydrogen-bond acceptors (Lipinski definition) is 6. The number of anilines is 1. The summed E-state index contributed by atoms with van der Waals surface area (Å²) in [4.78, 5) is 6.77. The Morgan fingerprint density at radius 2 is 1.79 bits per heavy atom. The van der Waals surface area contributed by atoms with E-state index in [-0.39, 0.29) is 5.75 Å². The molecule has 3 rings (SSSR count). The van der Waals surface area contributed by atoms with Gasteiger partial charge in [0.05, 0.1) is 5.75 Å². The Morgan fingerprint density at radius 3 is 2.46 bits per heavy atom. The van der Waals surface area contributed by atoms with E-state index in [2.05, 4.69) is 21.2 Å². The second kappa shape index (κ2) is 10.0. The summed E-state index contributed by atoms with van der Waals surface area (Å²) in [6.07, 6.45) is 4.61. The molecule has 1 aliphatic rings. The third-order valence-corrected chi connectivity index (χ3v) is 7.91. The summed E-state index contributed by atoms with van der Waals surface area (Å²) in [6, 6.07) is 7.69. The van der Waals surface area contributed by atoms with Crippen LogP contribution in [0.2, 0.25) is 5.02 Å². The third-order valence-electron chi connectivity index (χ3n) is 4.89. The first-order chi connectivity index (χ1) is 13.5. The number of rotatable bonds is 9. The Bertz CT molecular complexity index is 847. The van der Waals surface area contributed by atoms with Gasteiger partial charge in [-0.15, -0.1) is 0 Å². The van der Waals surface area contributed by atoms with Crippen molar-refractivity contribution in [3.63, 3.8) is 0 Å². The van der Waals surface area contributed by atoms with Crippen molar-refractivity contribution in [2.75, 3.05) is 36.8 Å². The van der Waals surface area contributed by atoms with Crippen LogP contribution >= 0.6 is 23.1 Å². The fourth-order valence-electron chi connectivity index (χ4n) is 3.23. The lowest BCUT2D eigenvalue weighted by atomic mass is 10.1. The molecule has 9 heteroatoms. The normalized spacial score (nSPS) is 15.9. The van der Waals surface area contributed by atoms with E-state index in [1.165, 1.54) is 11.5 Å². The fraction of sp³-hybridized carbons (Fsp3) is 0.579. The van der Waals surface area contributed by atoms with E-state index < -0.39 is 10.0 Å². The summed E-state index contributed by atoms with van der Waals surface area (Å²) >= 11 is 7.30. The molecular formula is C19H27ClN4O2S2. The van der Waals surface area contributed by atoms with E-state index in [0.717, 1.165) is 42.2 Å². The van der Waals surface area contributed by atoms with Gasteiger partial charge in [-0.2, -0.15) is 8.68 Å². The molecule has 0 spiro atoms. The maximum Gasteiger partial charge on any atom is 0.214 e. The molecule has 0 radical (unpaired) electrons. The maximum atomic E-state index is 12.5. The minimum absolute atomic E-state index is 0.261. The van der Waals surface area contributed by atoms with Gasteiger partial charge in [0.25, 0.3) is 0 Å². The van der Waals surface area contributed by atoms with Gasteiger partial charge in [-0.05, 0) is 24.1 Å². The van der Waals surface area contributed by atoms with Crippen molar-refractivity contribution >= 4 is 38.3 Å². The first kappa shape index (κ1) is 21.5. The van der Waals surface area contributed by atoms with E-state index in [9.17, 15) is 8.42 Å². The van der Waals surface area contributed by atoms with E-state index in [0.29, 0.717) is 37.6 Å². The van der Waals surface area contributed by atoms with Gasteiger partial charge in [0.1, 0.15) is 5.82 Å². The number of sulfonamides is 1. The maximum absolute atomic E-state index is 12.5. The van der Waals surface area contributed by atoms with Crippen LogP contribution in [0.4, 0.5) is 5.13 Å². The van der Waals surface area contributed by atoms with E-state index >= 15 is 0 Å². The highest BCUT2D eigenvalue weighted by Gasteiger charge is 2.27. The third kappa shape index (κ3) is 5.89. The molecule has 0 amide bonds. The van der Waals surface area contributed by atoms with Crippen molar-refractivity contribution in [1.29, 1.82) is 0 Å². The lowest BCUT2D eigenvalue weighted by Crippen LogP contribution is -2.49. The number of benzene rings is 1. The van der Waals surface area contributed by atoms with Gasteiger partial charge < -0.3 is 4.90 Å². The van der Waals surface area contributed by atoms with E-state index in [4.69, 9.17) is 11.6 Å². The molecular weight excluding hydrogens is 416 g/mol. The summed E-state index contributed by atoms with van der Waals surface area (Å²) in [7, 11) is -3.15. The molecule has 0 aliphatic carbocycles. The largest absolute Gasteiger partial charge is 0.344 e. The second-order valence-corrected chi connectivity index (χ2v) is 10.3. The summed E-state index contributed by atoms with van der Waals surface area (Å²) in [5.74, 6) is 1.05. The van der Waals surface area contributed by atoms with Crippen LogP contribution in [-0.2, 0) is 16.4 Å². The number of halogens is 1. The Balaban J connectivity index is 1.51. The van der Waals surface area contributed by atoms with Gasteiger partial charge in [-0.25, -0.2) is 13.4 Å². The molecule has 28 heavy (non-hydrogen) atoms. The molecule has 1 fully saturated rings. The zero-order chi connectivity index (χ0) is 20.0. The van der Waals surface area contributed by atoms with E-state index in [1.807, 2.05) is 24.3 Å². The van der Waals surface area contributed by atoms with Crippen molar-refractivity contribution in [3.8, 4) is 0 Å². The lowest BCUT2D eigenvalue weighted by Gasteiger charge is -2.33. The van der Waals surface area contributed by atoms with Crippen molar-refractivity contribution in [2.45, 2.75) is 39.0 Å². The highest BCUT2D eigenvalue weighted by atomic mass is 35.5. The molecule has 0 N–H and O–H groups in total. The molecule has 1 aliphatic heterocycles. The average Bonchev–Trinajstić information content (AvgIpc) is 3.16. The van der Waals surface area contributed by atoms with Gasteiger partial charge >= 0.3 is 0 Å². The smallest absolute Gasteiger partial charge is 0.214 e. The molecule has 1 saturated heterocycles. The van der Waals surface area contributed by atoms with Crippen LogP contribution in [0.3, 0.4) is 0 Å². The zero-order valence-electron chi connectivity index (χ0n) is 16.2. The molecule has 154 valence electrons. The second-order valence-electron chi connectivity index (χ2n) is 7.06. The molecule has 0 atom stereocenters. The Labute approximate surface area is 176 Å². The summed E-state index contributed by atoms with van der Waals surface area (Å²) in [5, 5.41) is 1.58. The van der Waals surface area contributed by atoms with Crippen molar-refractivity contribution in [2.24, 2.45) is 0 Å². The molecule has 2 heterocycles. The van der Waals surface area contributed by atoms with Crippen LogP contribution in [0.15, 0.2) is 24.3 Å². The van der Waals surface area contributed by atoms with Gasteiger partial charge in [0.2, 0.25) is 15.2 Å². The SMILES string of the molecule is CCCCCCS(=O)(=O)N1CCN(c2nc(Cc3ccc(Cl)cc3)ns2)CC1. The lowest BCUT2D eigenvalue weighted by molar-refractivity contribution is 0.383. The summed E-state index contributed by atoms with van der Waals surface area (Å²) in [6.45, 7) is 4.47. The summed E-state index contributed by atoms with van der Waals surface area (Å²) in [5.41, 5.74) is 1.12. The van der Waals surface area contributed by atoms with Crippen molar-refractivity contribution < 1.29 is 8.42 Å². The van der Waals surface area contributed by atoms with Crippen molar-refractivity contribution in [3.05, 3.63) is 40.7 Å². The predicted octanol–water partition coefficient (Wildman–Crippen LogP) is 3.81. The first-order valence-corrected chi connectivity index (χ1v) is 12.5. The fourth-order valence-corrected chi connectivity index (χ4v) is 5.64. The monoisotopic (exact) mass is 442 g/mol. The van der Waals surface area contributed by atoms with Gasteiger partial charge in [-0.1, -0.05) is 49.9 Å². The van der Waals surface area contributed by atoms with Gasteiger partial charge in [-0.3, -0.25) is 0 Å². The quantitative estimate of drug-likeness (QED) is 0.552. The Hall–Kier alpha value is -1.22. The number of piperazine rings is 1. The highest BCUT2D eigenvalue weighted by molar-refractivity contribution is 7.89. The first-order valence-electron chi connectivity index (χ1n) is 9.78. The molecule has 1 aromatic carbocycles. The predicted molar refractivity (Wildman–Crippen MR) is 116 cm³/mol. The van der Waals surface area contributed by atoms with Gasteiger partial charge in [0.15, 0.2) is 0 Å². The number of hydrogen-bond donors (Lipinski definition) is 0. The average molecular weight is 443 g/mol. The van der Waals surface area contributed by atoms with Crippen LogP contribution in [0, 0.1) is 0 Å². The standard InChI is InChI=1S/C19H27ClN4O2S2/c1-2-3-4-5-14-28(25,26)24-12-10-23(11-13-24)19-21-18(22-27-19)15-16-6-8-17(20)9-7-16/h6-9H,2-5,10-15H2,1H3. The molecule has 0 unspecified atom stereocenters. The number of aromatic nitrogens is 2. The molecule has 1 aromatic heterocycles. The minimum Gasteiger partial charge on any atom is -0.344 e. The Morgan fingerprint density at radius 1 is 1.07 bits per heavy atom. The van der Waals surface area contributed by atoms with Gasteiger partial charge in [0, 0.05) is 49.2 Å². The van der Waals surface area contributed by atoms with Crippen LogP contribution in [-0.4, -0.2) is 54.0 Å². The van der Waals surface area contributed by atoms with Crippen LogP contribution < -0.4 is 4.90 Å². The summed E-state index contributed by atoms with van der Waals surface area (Å²) < 4.78 is 31.1. The highest BCUT2D eigenvalue weighted by Crippen LogP contribution is 2.22. The van der Waals surface area contributed by atoms with Crippen molar-refractivity contribution in [1.82, 2.24) is 13.7 Å². The van der Waals surface area contributed by atoms with Crippen LogP contribution in [0.5, 0.6) is 0 Å². The zero-order valence-corrected chi connectivity index (χ0v) is 18.6. The van der Waals surface area contributed by atoms with Crippen LogP contribution in [0.25, 0.3) is 0 Å². The molecule has 0 saturated carbocycles. The van der Waals surface area contributed by atoms with E-state index in [1.54, 1.807) is 4.31 Å². The minimum atomic E-state index is -3.15. The number of unbranched alkanes of at least 4 members (excludes halogenated alkanes) is 3. The topological polar surface area (TPSA) is 66.4 Å². The Kier molecular flexibility index (Phi) is 7.68. The van der Waals surface area contributed by atoms with Crippen LogP contribution in [0.1, 0.15) is 44.0 Å². The molecule has 6 nitrogen and oxygen atoms in total. The molecule has 0 bridgehead atoms. The number of nitrogens with zero attached hydrogens (tertiary/aromatic N) is 4. The molecule has 2 aromatic rings.